The molecule has 0 saturated heterocycles. The third-order valence-corrected chi connectivity index (χ3v) is 9.12. The van der Waals surface area contributed by atoms with Gasteiger partial charge in [0.05, 0.1) is 20.6 Å². The van der Waals surface area contributed by atoms with E-state index in [4.69, 9.17) is 35.4 Å². The molecule has 0 spiro atoms. The molecule has 12 heteroatoms. The van der Waals surface area contributed by atoms with E-state index in [2.05, 4.69) is 10.6 Å². The van der Waals surface area contributed by atoms with E-state index < -0.39 is 27.8 Å². The van der Waals surface area contributed by atoms with Crippen LogP contribution in [0.2, 0.25) is 10.0 Å². The minimum atomic E-state index is -3.01. The zero-order valence-corrected chi connectivity index (χ0v) is 27.3. The fraction of sp³-hybridized carbons (Fsp3) is 0.444. The molecule has 1 aliphatic carbocycles. The molecule has 3 N–H and O–H groups in total. The molecule has 0 unspecified atom stereocenters. The van der Waals surface area contributed by atoms with E-state index in [9.17, 15) is 23.1 Å². The summed E-state index contributed by atoms with van der Waals surface area (Å²) in [4.78, 5) is 25.3. The summed E-state index contributed by atoms with van der Waals surface area (Å²) in [5.74, 6) is -1.31. The fourth-order valence-corrected chi connectivity index (χ4v) is 6.60. The van der Waals surface area contributed by atoms with Gasteiger partial charge < -0.3 is 17.2 Å². The molecule has 2 aromatic carbocycles. The Bertz CT molecular complexity index is 1270. The van der Waals surface area contributed by atoms with Gasteiger partial charge in [0.1, 0.15) is 15.9 Å². The van der Waals surface area contributed by atoms with E-state index in [-0.39, 0.29) is 64.2 Å². The first-order chi connectivity index (χ1) is 17.9. The van der Waals surface area contributed by atoms with Crippen molar-refractivity contribution in [1.29, 1.82) is 0 Å². The molecule has 3 rings (SSSR count). The van der Waals surface area contributed by atoms with Gasteiger partial charge in [-0.3, -0.25) is 4.79 Å². The number of anilines is 1. The maximum Gasteiger partial charge on any atom is 1.00 e. The van der Waals surface area contributed by atoms with Crippen molar-refractivity contribution in [1.82, 2.24) is 5.32 Å². The third kappa shape index (κ3) is 9.99. The summed E-state index contributed by atoms with van der Waals surface area (Å²) in [5.41, 5.74) is 1.16. The molecule has 39 heavy (non-hydrogen) atoms. The molecule has 208 valence electrons. The standard InChI is InChI=1S/C27H32Cl2N2O5S2.Na.H/c1-38(35,36)16-5-4-15-27(13-2-3-14-27)26(37)31-22(25(33)34)17-18-9-11-19(12-10-18)30-24(32)23-20(28)7-6-8-21(23)29;;/h6-12,22H,2-5,13-17H2,1H3,(H,30,32)(H,31,37)(H,33,34);;/q;+1;-1/t22-;;/m0../s1. The van der Waals surface area contributed by atoms with Gasteiger partial charge in [-0.15, -0.1) is 0 Å². The average molecular weight is 624 g/mol. The molecular weight excluding hydrogens is 590 g/mol. The van der Waals surface area contributed by atoms with E-state index in [0.717, 1.165) is 44.1 Å². The number of carbonyl (C=O) groups excluding carboxylic acids is 1. The number of carboxylic acid groups (broad SMARTS) is 1. The zero-order valence-electron chi connectivity index (χ0n) is 23.1. The molecule has 0 radical (unpaired) electrons. The number of aliphatic carboxylic acids is 1. The molecule has 1 atom stereocenters. The van der Waals surface area contributed by atoms with Crippen LogP contribution in [-0.2, 0) is 21.1 Å². The number of sulfone groups is 1. The summed E-state index contributed by atoms with van der Waals surface area (Å²) >= 11 is 18.0. The normalized spacial score (nSPS) is 15.2. The fourth-order valence-electron chi connectivity index (χ4n) is 4.85. The second kappa shape index (κ2) is 15.1. The minimum absolute atomic E-state index is 0. The maximum atomic E-state index is 12.6. The van der Waals surface area contributed by atoms with Gasteiger partial charge in [0.2, 0.25) is 0 Å². The van der Waals surface area contributed by atoms with Crippen LogP contribution in [0, 0.1) is 5.41 Å². The number of amides is 1. The van der Waals surface area contributed by atoms with Gasteiger partial charge in [-0.05, 0) is 55.5 Å². The van der Waals surface area contributed by atoms with Crippen LogP contribution in [0.5, 0.6) is 0 Å². The van der Waals surface area contributed by atoms with Crippen LogP contribution >= 0.6 is 35.4 Å². The molecule has 0 aromatic heterocycles. The first-order valence-corrected chi connectivity index (χ1v) is 15.7. The van der Waals surface area contributed by atoms with E-state index in [1.165, 1.54) is 6.26 Å². The van der Waals surface area contributed by atoms with Crippen LogP contribution in [0.15, 0.2) is 42.5 Å². The first-order valence-electron chi connectivity index (χ1n) is 12.5. The summed E-state index contributed by atoms with van der Waals surface area (Å²) in [5, 5.41) is 16.2. The zero-order chi connectivity index (χ0) is 27.9. The Morgan fingerprint density at radius 1 is 1.08 bits per heavy atom. The monoisotopic (exact) mass is 622 g/mol. The summed E-state index contributed by atoms with van der Waals surface area (Å²) in [6, 6.07) is 10.8. The van der Waals surface area contributed by atoms with Gasteiger partial charge in [-0.2, -0.15) is 0 Å². The molecule has 1 saturated carbocycles. The number of hydrogen-bond acceptors (Lipinski definition) is 5. The number of benzene rings is 2. The first kappa shape index (κ1) is 34.0. The van der Waals surface area contributed by atoms with Gasteiger partial charge >= 0.3 is 35.5 Å². The van der Waals surface area contributed by atoms with Gasteiger partial charge in [0.15, 0.2) is 0 Å². The van der Waals surface area contributed by atoms with Gasteiger partial charge in [-0.1, -0.05) is 72.9 Å². The van der Waals surface area contributed by atoms with Crippen molar-refractivity contribution in [2.75, 3.05) is 17.3 Å². The largest absolute Gasteiger partial charge is 1.00 e. The molecule has 7 nitrogen and oxygen atoms in total. The number of rotatable bonds is 12. The Morgan fingerprint density at radius 3 is 2.21 bits per heavy atom. The molecular formula is C27H33Cl2N2NaO5S2. The average Bonchev–Trinajstić information content (AvgIpc) is 3.32. The van der Waals surface area contributed by atoms with Crippen LogP contribution in [-0.4, -0.2) is 48.4 Å². The predicted molar refractivity (Wildman–Crippen MR) is 157 cm³/mol. The van der Waals surface area contributed by atoms with Crippen LogP contribution in [0.3, 0.4) is 0 Å². The number of halogens is 2. The van der Waals surface area contributed by atoms with Crippen molar-refractivity contribution < 1.29 is 54.1 Å². The Hall–Kier alpha value is -1.20. The Kier molecular flexibility index (Phi) is 13.2. The maximum absolute atomic E-state index is 12.6. The second-order valence-corrected chi connectivity index (χ2v) is 13.4. The predicted octanol–water partition coefficient (Wildman–Crippen LogP) is 3.05. The van der Waals surface area contributed by atoms with Crippen molar-refractivity contribution in [3.8, 4) is 0 Å². The number of nitrogens with one attached hydrogen (secondary N) is 2. The van der Waals surface area contributed by atoms with Crippen molar-refractivity contribution >= 4 is 67.8 Å². The van der Waals surface area contributed by atoms with Gasteiger partial charge in [0.25, 0.3) is 5.91 Å². The van der Waals surface area contributed by atoms with Gasteiger partial charge in [0, 0.05) is 29.5 Å². The van der Waals surface area contributed by atoms with Crippen molar-refractivity contribution in [2.45, 2.75) is 57.4 Å². The van der Waals surface area contributed by atoms with Crippen LogP contribution in [0.1, 0.15) is 62.3 Å². The van der Waals surface area contributed by atoms with Crippen LogP contribution in [0.25, 0.3) is 0 Å². The quantitative estimate of drug-likeness (QED) is 0.189. The molecule has 2 aromatic rings. The van der Waals surface area contributed by atoms with Crippen LogP contribution < -0.4 is 40.2 Å². The van der Waals surface area contributed by atoms with E-state index in [1.807, 2.05) is 0 Å². The number of hydrogen-bond donors (Lipinski definition) is 3. The summed E-state index contributed by atoms with van der Waals surface area (Å²) in [7, 11) is -3.01. The van der Waals surface area contributed by atoms with E-state index in [1.54, 1.807) is 42.5 Å². The molecule has 1 fully saturated rings. The molecule has 0 aliphatic heterocycles. The van der Waals surface area contributed by atoms with Crippen molar-refractivity contribution in [3.05, 3.63) is 63.6 Å². The summed E-state index contributed by atoms with van der Waals surface area (Å²) < 4.78 is 22.9. The van der Waals surface area contributed by atoms with Gasteiger partial charge in [-0.25, -0.2) is 13.2 Å². The van der Waals surface area contributed by atoms with Crippen molar-refractivity contribution in [2.24, 2.45) is 5.41 Å². The SMILES string of the molecule is CS(=O)(=O)CCCCC1(C(=S)N[C@@H](Cc2ccc(NC(=O)c3c(Cl)cccc3Cl)cc2)C(=O)O)CCCC1.[H-].[Na+]. The molecule has 0 heterocycles. The number of carboxylic acids is 1. The van der Waals surface area contributed by atoms with Crippen LogP contribution in [0.4, 0.5) is 5.69 Å². The number of unbranched alkanes of at least 4 members (excludes halogenated alkanes) is 1. The smallest absolute Gasteiger partial charge is 1.00 e. The molecule has 0 bridgehead atoms. The number of thiocarbonyl (C=S) groups is 1. The Labute approximate surface area is 269 Å². The second-order valence-electron chi connectivity index (χ2n) is 9.89. The summed E-state index contributed by atoms with van der Waals surface area (Å²) in [6.45, 7) is 0. The number of carbonyl (C=O) groups is 2. The van der Waals surface area contributed by atoms with Crippen molar-refractivity contribution in [3.63, 3.8) is 0 Å². The topological polar surface area (TPSA) is 113 Å². The Morgan fingerprint density at radius 2 is 1.67 bits per heavy atom. The minimum Gasteiger partial charge on any atom is -1.00 e. The van der Waals surface area contributed by atoms with E-state index in [0.29, 0.717) is 17.1 Å². The third-order valence-electron chi connectivity index (χ3n) is 6.91. The van der Waals surface area contributed by atoms with E-state index >= 15 is 0 Å². The Balaban J connectivity index is 0.00000400. The molecule has 1 aliphatic rings. The molecule has 1 amide bonds. The summed E-state index contributed by atoms with van der Waals surface area (Å²) in [6.07, 6.45) is 7.22.